The highest BCUT2D eigenvalue weighted by Gasteiger charge is 2.30. The Labute approximate surface area is 133 Å². The average Bonchev–Trinajstić information content (AvgIpc) is 2.36. The first-order valence-electron chi connectivity index (χ1n) is 6.44. The van der Waals surface area contributed by atoms with Crippen molar-refractivity contribution in [3.63, 3.8) is 0 Å². The van der Waals surface area contributed by atoms with Crippen molar-refractivity contribution < 1.29 is 0 Å². The highest BCUT2D eigenvalue weighted by molar-refractivity contribution is 9.10. The maximum absolute atomic E-state index is 5.60. The number of nitrogens with two attached hydrogens (primary N) is 1. The molecule has 0 aliphatic carbocycles. The molecule has 3 N–H and O–H groups in total. The number of halogens is 1. The number of rotatable bonds is 4. The van der Waals surface area contributed by atoms with Crippen LogP contribution in [0.1, 0.15) is 11.1 Å². The van der Waals surface area contributed by atoms with Crippen LogP contribution in [0.25, 0.3) is 0 Å². The maximum Gasteiger partial charge on any atom is 0.189 e. The first-order valence-corrected chi connectivity index (χ1v) is 7.64. The summed E-state index contributed by atoms with van der Waals surface area (Å²) in [6.07, 6.45) is 8.92. The molecule has 20 heavy (non-hydrogen) atoms. The van der Waals surface area contributed by atoms with Gasteiger partial charge in [0, 0.05) is 12.7 Å². The van der Waals surface area contributed by atoms with E-state index in [-0.39, 0.29) is 5.11 Å². The minimum atomic E-state index is -0.544. The van der Waals surface area contributed by atoms with Crippen LogP contribution in [0.5, 0.6) is 0 Å². The van der Waals surface area contributed by atoms with E-state index >= 15 is 0 Å². The molecule has 1 unspecified atom stereocenters. The Morgan fingerprint density at radius 2 is 2.25 bits per heavy atom. The SMILES string of the molecule is Cc1cccc(CCN2C=CC=CC2(Br)NC(N)=S)c1. The first kappa shape index (κ1) is 15.1. The quantitative estimate of drug-likeness (QED) is 0.497. The third-order valence-corrected chi connectivity index (χ3v) is 4.15. The standard InChI is InChI=1S/C15H18BrN3S/c1-12-5-4-6-13(11-12)7-10-19-9-3-2-8-15(19,16)18-14(17)20/h2-6,8-9,11H,7,10H2,1H3,(H3,17,18,20). The molecule has 0 spiro atoms. The minimum Gasteiger partial charge on any atom is -0.376 e. The molecule has 5 heteroatoms. The highest BCUT2D eigenvalue weighted by atomic mass is 79.9. The fourth-order valence-electron chi connectivity index (χ4n) is 2.18. The summed E-state index contributed by atoms with van der Waals surface area (Å²) < 4.78 is -0.544. The van der Waals surface area contributed by atoms with Crippen LogP contribution in [0.2, 0.25) is 0 Å². The molecule has 106 valence electrons. The largest absolute Gasteiger partial charge is 0.376 e. The molecule has 0 fully saturated rings. The zero-order chi connectivity index (χ0) is 14.6. The van der Waals surface area contributed by atoms with E-state index in [2.05, 4.69) is 57.3 Å². The third kappa shape index (κ3) is 3.84. The van der Waals surface area contributed by atoms with Crippen LogP contribution in [0.15, 0.2) is 48.7 Å². The van der Waals surface area contributed by atoms with Crippen molar-refractivity contribution >= 4 is 33.3 Å². The van der Waals surface area contributed by atoms with Gasteiger partial charge in [0.25, 0.3) is 0 Å². The summed E-state index contributed by atoms with van der Waals surface area (Å²) in [6.45, 7) is 2.96. The van der Waals surface area contributed by atoms with Crippen LogP contribution >= 0.6 is 28.1 Å². The van der Waals surface area contributed by atoms with Crippen LogP contribution in [0.4, 0.5) is 0 Å². The molecule has 1 heterocycles. The van der Waals surface area contributed by atoms with Gasteiger partial charge < -0.3 is 16.0 Å². The van der Waals surface area contributed by atoms with Gasteiger partial charge in [-0.15, -0.1) is 0 Å². The molecule has 1 aliphatic heterocycles. The zero-order valence-electron chi connectivity index (χ0n) is 11.3. The van der Waals surface area contributed by atoms with Gasteiger partial charge in [0.1, 0.15) is 0 Å². The zero-order valence-corrected chi connectivity index (χ0v) is 13.7. The van der Waals surface area contributed by atoms with E-state index in [1.54, 1.807) is 0 Å². The smallest absolute Gasteiger partial charge is 0.189 e. The predicted molar refractivity (Wildman–Crippen MR) is 91.4 cm³/mol. The second-order valence-corrected chi connectivity index (χ2v) is 6.44. The topological polar surface area (TPSA) is 41.3 Å². The molecule has 0 amide bonds. The second-order valence-electron chi connectivity index (χ2n) is 4.80. The fraction of sp³-hybridized carbons (Fsp3) is 0.267. The van der Waals surface area contributed by atoms with Crippen molar-refractivity contribution in [2.24, 2.45) is 5.73 Å². The van der Waals surface area contributed by atoms with Crippen LogP contribution < -0.4 is 11.1 Å². The van der Waals surface area contributed by atoms with E-state index < -0.39 is 4.57 Å². The maximum atomic E-state index is 5.60. The van der Waals surface area contributed by atoms with Crippen molar-refractivity contribution in [2.45, 2.75) is 17.9 Å². The predicted octanol–water partition coefficient (Wildman–Crippen LogP) is 2.80. The van der Waals surface area contributed by atoms with E-state index in [9.17, 15) is 0 Å². The molecule has 0 radical (unpaired) electrons. The Kier molecular flexibility index (Phi) is 4.83. The Hall–Kier alpha value is -1.33. The normalized spacial score (nSPS) is 21.0. The van der Waals surface area contributed by atoms with Crippen molar-refractivity contribution in [3.05, 3.63) is 59.8 Å². The number of nitrogens with zero attached hydrogens (tertiary/aromatic N) is 1. The lowest BCUT2D eigenvalue weighted by Gasteiger charge is -2.39. The first-order chi connectivity index (χ1) is 9.49. The number of thiocarbonyl (C=S) groups is 1. The van der Waals surface area contributed by atoms with Gasteiger partial charge in [0.05, 0.1) is 0 Å². The van der Waals surface area contributed by atoms with Crippen LogP contribution in [-0.4, -0.2) is 21.1 Å². The summed E-state index contributed by atoms with van der Waals surface area (Å²) in [5.41, 5.74) is 8.20. The lowest BCUT2D eigenvalue weighted by molar-refractivity contribution is 0.278. The van der Waals surface area contributed by atoms with E-state index in [0.717, 1.165) is 13.0 Å². The van der Waals surface area contributed by atoms with Gasteiger partial charge in [-0.3, -0.25) is 0 Å². The molecule has 0 saturated heterocycles. The van der Waals surface area contributed by atoms with E-state index in [1.165, 1.54) is 11.1 Å². The number of nitrogens with one attached hydrogen (secondary N) is 1. The number of hydrogen-bond acceptors (Lipinski definition) is 2. The lowest BCUT2D eigenvalue weighted by atomic mass is 10.1. The number of allylic oxidation sites excluding steroid dienone is 2. The second kappa shape index (κ2) is 6.41. The molecule has 0 aromatic heterocycles. The van der Waals surface area contributed by atoms with Crippen LogP contribution in [0, 0.1) is 6.92 Å². The summed E-state index contributed by atoms with van der Waals surface area (Å²) in [5.74, 6) is 0. The molecule has 2 rings (SSSR count). The minimum absolute atomic E-state index is 0.266. The van der Waals surface area contributed by atoms with Gasteiger partial charge in [-0.05, 0) is 59.2 Å². The highest BCUT2D eigenvalue weighted by Crippen LogP contribution is 2.26. The molecule has 1 atom stereocenters. The number of hydrogen-bond donors (Lipinski definition) is 2. The molecule has 0 bridgehead atoms. The van der Waals surface area contributed by atoms with Crippen LogP contribution in [-0.2, 0) is 6.42 Å². The van der Waals surface area contributed by atoms with Gasteiger partial charge in [0.15, 0.2) is 9.68 Å². The molecular formula is C15H18BrN3S. The van der Waals surface area contributed by atoms with E-state index in [4.69, 9.17) is 18.0 Å². The summed E-state index contributed by atoms with van der Waals surface area (Å²) in [6, 6.07) is 8.55. The number of alkyl halides is 1. The van der Waals surface area contributed by atoms with Crippen molar-refractivity contribution in [2.75, 3.05) is 6.54 Å². The molecule has 0 saturated carbocycles. The summed E-state index contributed by atoms with van der Waals surface area (Å²) in [4.78, 5) is 2.13. The monoisotopic (exact) mass is 351 g/mol. The fourth-order valence-corrected chi connectivity index (χ4v) is 3.13. The lowest BCUT2D eigenvalue weighted by Crippen LogP contribution is -2.55. The van der Waals surface area contributed by atoms with Crippen molar-refractivity contribution in [1.29, 1.82) is 0 Å². The Bertz CT molecular complexity index is 556. The molecule has 1 aromatic carbocycles. The Balaban J connectivity index is 2.05. The third-order valence-electron chi connectivity index (χ3n) is 3.13. The molecule has 3 nitrogen and oxygen atoms in total. The van der Waals surface area contributed by atoms with Gasteiger partial charge >= 0.3 is 0 Å². The molecule has 1 aliphatic rings. The Morgan fingerprint density at radius 3 is 2.95 bits per heavy atom. The van der Waals surface area contributed by atoms with Gasteiger partial charge in [-0.2, -0.15) is 0 Å². The number of benzene rings is 1. The summed E-state index contributed by atoms with van der Waals surface area (Å²) >= 11 is 8.61. The summed E-state index contributed by atoms with van der Waals surface area (Å²) in [5, 5.41) is 3.34. The van der Waals surface area contributed by atoms with E-state index in [1.807, 2.05) is 24.4 Å². The van der Waals surface area contributed by atoms with Crippen LogP contribution in [0.3, 0.4) is 0 Å². The van der Waals surface area contributed by atoms with Crippen molar-refractivity contribution in [1.82, 2.24) is 10.2 Å². The van der Waals surface area contributed by atoms with Crippen molar-refractivity contribution in [3.8, 4) is 0 Å². The van der Waals surface area contributed by atoms with Gasteiger partial charge in [-0.25, -0.2) is 0 Å². The average molecular weight is 352 g/mol. The number of aryl methyl sites for hydroxylation is 1. The summed E-state index contributed by atoms with van der Waals surface area (Å²) in [7, 11) is 0. The molecule has 1 aromatic rings. The van der Waals surface area contributed by atoms with Gasteiger partial charge in [0.2, 0.25) is 0 Å². The Morgan fingerprint density at radius 1 is 1.45 bits per heavy atom. The molecular weight excluding hydrogens is 334 g/mol. The van der Waals surface area contributed by atoms with Gasteiger partial charge in [-0.1, -0.05) is 35.9 Å². The van der Waals surface area contributed by atoms with E-state index in [0.29, 0.717) is 0 Å².